The zero-order chi connectivity index (χ0) is 21.1. The highest BCUT2D eigenvalue weighted by atomic mass is 32.1. The maximum absolute atomic E-state index is 12.9. The lowest BCUT2D eigenvalue weighted by molar-refractivity contribution is -0.392. The van der Waals surface area contributed by atoms with Crippen LogP contribution in [0, 0.1) is 27.2 Å². The number of nitro benzene ring substituents is 2. The SMILES string of the molecule is Cc1ccccc1NC(=S)NNc1c([N+](=O)[O-])cc(C(F)(F)F)cc1[N+](=O)[O-]. The van der Waals surface area contributed by atoms with Crippen molar-refractivity contribution < 1.29 is 23.0 Å². The Morgan fingerprint density at radius 2 is 1.61 bits per heavy atom. The van der Waals surface area contributed by atoms with E-state index < -0.39 is 38.6 Å². The Labute approximate surface area is 160 Å². The Morgan fingerprint density at radius 1 is 1.07 bits per heavy atom. The van der Waals surface area contributed by atoms with E-state index >= 15 is 0 Å². The minimum atomic E-state index is -5.00. The van der Waals surface area contributed by atoms with Gasteiger partial charge in [-0.05, 0) is 30.8 Å². The number of para-hydroxylation sites is 1. The number of hydrogen-bond donors (Lipinski definition) is 3. The minimum Gasteiger partial charge on any atom is -0.331 e. The number of rotatable bonds is 5. The molecule has 9 nitrogen and oxygen atoms in total. The van der Waals surface area contributed by atoms with Gasteiger partial charge in [0, 0.05) is 17.8 Å². The van der Waals surface area contributed by atoms with Crippen LogP contribution >= 0.6 is 12.2 Å². The van der Waals surface area contributed by atoms with Crippen LogP contribution in [-0.4, -0.2) is 15.0 Å². The molecule has 2 aromatic rings. The molecule has 0 amide bonds. The number of nitro groups is 2. The van der Waals surface area contributed by atoms with Gasteiger partial charge in [-0.2, -0.15) is 13.2 Å². The van der Waals surface area contributed by atoms with Crippen LogP contribution in [0.25, 0.3) is 0 Å². The quantitative estimate of drug-likeness (QED) is 0.378. The Bertz CT molecular complexity index is 917. The molecule has 0 bridgehead atoms. The van der Waals surface area contributed by atoms with E-state index in [0.717, 1.165) is 5.56 Å². The van der Waals surface area contributed by atoms with Crippen LogP contribution in [0.2, 0.25) is 0 Å². The van der Waals surface area contributed by atoms with Crippen LogP contribution < -0.4 is 16.2 Å². The lowest BCUT2D eigenvalue weighted by atomic mass is 10.1. The van der Waals surface area contributed by atoms with Gasteiger partial charge in [-0.1, -0.05) is 18.2 Å². The first-order valence-corrected chi connectivity index (χ1v) is 7.84. The van der Waals surface area contributed by atoms with Crippen molar-refractivity contribution in [2.24, 2.45) is 0 Å². The third-order valence-electron chi connectivity index (χ3n) is 3.51. The number of hydrogen-bond acceptors (Lipinski definition) is 6. The molecule has 0 saturated carbocycles. The molecule has 0 heterocycles. The van der Waals surface area contributed by atoms with Crippen molar-refractivity contribution in [2.75, 3.05) is 10.7 Å². The standard InChI is InChI=1S/C15H12F3N5O4S/c1-8-4-2-3-5-10(8)19-14(28)21-20-13-11(22(24)25)6-9(15(16,17)18)7-12(13)23(26)27/h2-7,20H,1H3,(H2,19,21,28). The van der Waals surface area contributed by atoms with Crippen LogP contribution in [-0.2, 0) is 6.18 Å². The summed E-state index contributed by atoms with van der Waals surface area (Å²) in [5.41, 5.74) is 1.33. The van der Waals surface area contributed by atoms with Crippen molar-refractivity contribution >= 4 is 40.1 Å². The van der Waals surface area contributed by atoms with E-state index in [-0.39, 0.29) is 17.2 Å². The summed E-state index contributed by atoms with van der Waals surface area (Å²) in [5.74, 6) is 0. The van der Waals surface area contributed by atoms with Crippen molar-refractivity contribution in [3.05, 3.63) is 67.8 Å². The van der Waals surface area contributed by atoms with Crippen molar-refractivity contribution in [2.45, 2.75) is 13.1 Å². The summed E-state index contributed by atoms with van der Waals surface area (Å²) in [6.45, 7) is 1.78. The molecule has 0 aliphatic heterocycles. The summed E-state index contributed by atoms with van der Waals surface area (Å²) in [7, 11) is 0. The van der Waals surface area contributed by atoms with Crippen LogP contribution in [0.15, 0.2) is 36.4 Å². The van der Waals surface area contributed by atoms with Gasteiger partial charge in [-0.3, -0.25) is 31.1 Å². The van der Waals surface area contributed by atoms with Gasteiger partial charge in [0.05, 0.1) is 15.4 Å². The van der Waals surface area contributed by atoms with Crippen LogP contribution in [0.5, 0.6) is 0 Å². The number of aryl methyl sites for hydroxylation is 1. The molecule has 28 heavy (non-hydrogen) atoms. The fraction of sp³-hybridized carbons (Fsp3) is 0.133. The molecule has 2 rings (SSSR count). The maximum Gasteiger partial charge on any atom is 0.416 e. The zero-order valence-corrected chi connectivity index (χ0v) is 14.9. The molecule has 3 N–H and O–H groups in total. The molecule has 148 valence electrons. The second-order valence-electron chi connectivity index (χ2n) is 5.42. The van der Waals surface area contributed by atoms with E-state index in [2.05, 4.69) is 16.2 Å². The average Bonchev–Trinajstić information content (AvgIpc) is 2.60. The number of thiocarbonyl (C=S) groups is 1. The highest BCUT2D eigenvalue weighted by Gasteiger charge is 2.37. The van der Waals surface area contributed by atoms with E-state index in [0.29, 0.717) is 5.69 Å². The molecule has 0 fully saturated rings. The molecular formula is C15H12F3N5O4S. The van der Waals surface area contributed by atoms with Gasteiger partial charge in [0.15, 0.2) is 5.11 Å². The van der Waals surface area contributed by atoms with Crippen LogP contribution in [0.3, 0.4) is 0 Å². The summed E-state index contributed by atoms with van der Waals surface area (Å²) in [6, 6.07) is 7.38. The molecule has 0 aliphatic carbocycles. The lowest BCUT2D eigenvalue weighted by Gasteiger charge is -2.15. The predicted octanol–water partition coefficient (Wildman–Crippen LogP) is 4.14. The van der Waals surface area contributed by atoms with E-state index in [4.69, 9.17) is 12.2 Å². The van der Waals surface area contributed by atoms with E-state index in [1.807, 2.05) is 0 Å². The first-order chi connectivity index (χ1) is 13.0. The Balaban J connectivity index is 2.33. The van der Waals surface area contributed by atoms with E-state index in [1.54, 1.807) is 31.2 Å². The molecular weight excluding hydrogens is 403 g/mol. The van der Waals surface area contributed by atoms with Gasteiger partial charge < -0.3 is 5.32 Å². The van der Waals surface area contributed by atoms with Crippen molar-refractivity contribution in [1.29, 1.82) is 0 Å². The first kappa shape index (κ1) is 20.8. The molecule has 0 saturated heterocycles. The fourth-order valence-electron chi connectivity index (χ4n) is 2.18. The monoisotopic (exact) mass is 415 g/mol. The Morgan fingerprint density at radius 3 is 2.07 bits per heavy atom. The molecule has 0 unspecified atom stereocenters. The number of alkyl halides is 3. The molecule has 0 atom stereocenters. The van der Waals surface area contributed by atoms with Crippen molar-refractivity contribution in [1.82, 2.24) is 5.43 Å². The molecule has 0 spiro atoms. The number of anilines is 2. The number of nitrogens with zero attached hydrogens (tertiary/aromatic N) is 2. The summed E-state index contributed by atoms with van der Waals surface area (Å²) >= 11 is 4.99. The number of benzene rings is 2. The van der Waals surface area contributed by atoms with Gasteiger partial charge in [0.25, 0.3) is 0 Å². The fourth-order valence-corrected chi connectivity index (χ4v) is 2.34. The topological polar surface area (TPSA) is 122 Å². The Kier molecular flexibility index (Phi) is 5.98. The second kappa shape index (κ2) is 8.04. The first-order valence-electron chi connectivity index (χ1n) is 7.43. The number of halogens is 3. The highest BCUT2D eigenvalue weighted by Crippen LogP contribution is 2.40. The maximum atomic E-state index is 12.9. The predicted molar refractivity (Wildman–Crippen MR) is 98.9 cm³/mol. The van der Waals surface area contributed by atoms with Gasteiger partial charge >= 0.3 is 17.6 Å². The third-order valence-corrected chi connectivity index (χ3v) is 3.72. The van der Waals surface area contributed by atoms with E-state index in [9.17, 15) is 33.4 Å². The summed E-state index contributed by atoms with van der Waals surface area (Å²) in [5, 5.41) is 24.9. The second-order valence-corrected chi connectivity index (χ2v) is 5.83. The summed E-state index contributed by atoms with van der Waals surface area (Å²) < 4.78 is 38.7. The van der Waals surface area contributed by atoms with Gasteiger partial charge in [-0.15, -0.1) is 0 Å². The molecule has 0 radical (unpaired) electrons. The van der Waals surface area contributed by atoms with Crippen LogP contribution in [0.4, 0.5) is 35.9 Å². The van der Waals surface area contributed by atoms with Crippen LogP contribution in [0.1, 0.15) is 11.1 Å². The third kappa shape index (κ3) is 4.82. The zero-order valence-electron chi connectivity index (χ0n) is 14.0. The summed E-state index contributed by atoms with van der Waals surface area (Å²) in [6.07, 6.45) is -5.00. The molecule has 13 heteroatoms. The average molecular weight is 415 g/mol. The van der Waals surface area contributed by atoms with Crippen molar-refractivity contribution in [3.63, 3.8) is 0 Å². The van der Waals surface area contributed by atoms with Gasteiger partial charge in [0.2, 0.25) is 5.69 Å². The summed E-state index contributed by atoms with van der Waals surface area (Å²) in [4.78, 5) is 20.0. The lowest BCUT2D eigenvalue weighted by Crippen LogP contribution is -2.34. The minimum absolute atomic E-state index is 0.113. The number of nitrogens with one attached hydrogen (secondary N) is 3. The van der Waals surface area contributed by atoms with E-state index in [1.165, 1.54) is 0 Å². The smallest absolute Gasteiger partial charge is 0.331 e. The normalized spacial score (nSPS) is 10.9. The van der Waals surface area contributed by atoms with Gasteiger partial charge in [-0.25, -0.2) is 0 Å². The number of hydrazine groups is 1. The van der Waals surface area contributed by atoms with Gasteiger partial charge in [0.1, 0.15) is 0 Å². The van der Waals surface area contributed by atoms with Crippen molar-refractivity contribution in [3.8, 4) is 0 Å². The Hall–Kier alpha value is -3.48. The molecule has 2 aromatic carbocycles. The molecule has 0 aromatic heterocycles. The largest absolute Gasteiger partial charge is 0.416 e. The highest BCUT2D eigenvalue weighted by molar-refractivity contribution is 7.80. The molecule has 0 aliphatic rings.